The first kappa shape index (κ1) is 42.6. The third-order valence-electron chi connectivity index (χ3n) is 7.58. The lowest BCUT2D eigenvalue weighted by atomic mass is 10.1. The van der Waals surface area contributed by atoms with Crippen LogP contribution in [0.5, 0.6) is 0 Å². The maximum atomic E-state index is 12.1. The largest absolute Gasteiger partial charge is 0.465 e. The molecule has 0 aliphatic carbocycles. The van der Waals surface area contributed by atoms with E-state index in [0.29, 0.717) is 12.8 Å². The van der Waals surface area contributed by atoms with Gasteiger partial charge in [0, 0.05) is 12.8 Å². The van der Waals surface area contributed by atoms with Gasteiger partial charge in [-0.2, -0.15) is 0 Å². The van der Waals surface area contributed by atoms with Crippen LogP contribution >= 0.6 is 0 Å². The summed E-state index contributed by atoms with van der Waals surface area (Å²) in [7, 11) is 0. The second-order valence-corrected chi connectivity index (χ2v) is 12.0. The molecule has 0 fully saturated rings. The van der Waals surface area contributed by atoms with Crippen molar-refractivity contribution >= 4 is 11.9 Å². The van der Waals surface area contributed by atoms with Crippen LogP contribution in [0.3, 0.4) is 0 Å². The Morgan fingerprint density at radius 2 is 0.889 bits per heavy atom. The van der Waals surface area contributed by atoms with Crippen LogP contribution in [0.15, 0.2) is 60.8 Å². The Morgan fingerprint density at radius 3 is 1.31 bits per heavy atom. The van der Waals surface area contributed by atoms with E-state index < -0.39 is 0 Å². The molecule has 1 atom stereocenters. The van der Waals surface area contributed by atoms with Crippen molar-refractivity contribution in [3.05, 3.63) is 60.8 Å². The number of allylic oxidation sites excluding steroid dienone is 10. The van der Waals surface area contributed by atoms with Crippen LogP contribution in [0.2, 0.25) is 0 Å². The molecule has 0 aromatic heterocycles. The van der Waals surface area contributed by atoms with Gasteiger partial charge in [-0.15, -0.1) is 0 Å². The summed E-state index contributed by atoms with van der Waals surface area (Å²) in [4.78, 5) is 24.1. The van der Waals surface area contributed by atoms with Gasteiger partial charge < -0.3 is 14.6 Å². The van der Waals surface area contributed by atoms with E-state index >= 15 is 0 Å². The first-order chi connectivity index (χ1) is 22.1. The highest BCUT2D eigenvalue weighted by molar-refractivity contribution is 5.69. The van der Waals surface area contributed by atoms with Crippen molar-refractivity contribution in [2.75, 3.05) is 19.8 Å². The van der Waals surface area contributed by atoms with E-state index in [2.05, 4.69) is 74.6 Å². The molecule has 0 saturated heterocycles. The van der Waals surface area contributed by atoms with Gasteiger partial charge in [-0.05, 0) is 77.0 Å². The zero-order valence-corrected chi connectivity index (χ0v) is 29.1. The van der Waals surface area contributed by atoms with Crippen LogP contribution in [0.4, 0.5) is 0 Å². The Balaban J connectivity index is 3.63. The molecule has 0 aromatic rings. The van der Waals surface area contributed by atoms with Gasteiger partial charge in [0.2, 0.25) is 0 Å². The molecule has 0 aromatic carbocycles. The average molecular weight is 629 g/mol. The number of rotatable bonds is 32. The summed E-state index contributed by atoms with van der Waals surface area (Å²) in [6.45, 7) is 4.38. The molecular weight excluding hydrogens is 560 g/mol. The normalized spacial score (nSPS) is 12.9. The lowest BCUT2D eigenvalue weighted by molar-refractivity contribution is -0.149. The molecule has 0 rings (SSSR count). The van der Waals surface area contributed by atoms with E-state index in [1.807, 2.05) is 0 Å². The number of unbranched alkanes of at least 4 members (excludes halogenated alkanes) is 13. The number of carbonyl (C=O) groups excluding carboxylic acids is 2. The molecule has 45 heavy (non-hydrogen) atoms. The molecule has 0 aliphatic heterocycles. The quantitative estimate of drug-likeness (QED) is 0.0456. The van der Waals surface area contributed by atoms with Gasteiger partial charge >= 0.3 is 11.9 Å². The SMILES string of the molecule is CC/C=C\C/C=C\C/C=C\CCCCCCCC(=O)OCC(CO)COC(=O)CCCCCCC/C=C\C/C=C\CCCCC. The number of hydrogen-bond donors (Lipinski definition) is 1. The number of aliphatic hydroxyl groups is 1. The van der Waals surface area contributed by atoms with Crippen LogP contribution in [-0.2, 0) is 19.1 Å². The highest BCUT2D eigenvalue weighted by Crippen LogP contribution is 2.11. The van der Waals surface area contributed by atoms with E-state index in [1.54, 1.807) is 0 Å². The Labute approximate surface area is 277 Å². The number of ether oxygens (including phenoxy) is 2. The van der Waals surface area contributed by atoms with Crippen LogP contribution in [0.1, 0.15) is 155 Å². The van der Waals surface area contributed by atoms with Gasteiger partial charge in [0.15, 0.2) is 0 Å². The van der Waals surface area contributed by atoms with Gasteiger partial charge in [-0.3, -0.25) is 9.59 Å². The summed E-state index contributed by atoms with van der Waals surface area (Å²) in [5.74, 6) is -0.858. The van der Waals surface area contributed by atoms with Crippen molar-refractivity contribution < 1.29 is 24.2 Å². The van der Waals surface area contributed by atoms with Crippen LogP contribution < -0.4 is 0 Å². The molecule has 0 saturated carbocycles. The summed E-state index contributed by atoms with van der Waals surface area (Å²) in [5, 5.41) is 9.58. The van der Waals surface area contributed by atoms with E-state index in [4.69, 9.17) is 9.47 Å². The molecule has 1 N–H and O–H groups in total. The van der Waals surface area contributed by atoms with Crippen LogP contribution in [0.25, 0.3) is 0 Å². The summed E-state index contributed by atoms with van der Waals surface area (Å²) in [6, 6.07) is 0. The minimum absolute atomic E-state index is 0.0866. The van der Waals surface area contributed by atoms with E-state index in [0.717, 1.165) is 77.0 Å². The molecule has 5 nitrogen and oxygen atoms in total. The maximum absolute atomic E-state index is 12.1. The van der Waals surface area contributed by atoms with E-state index in [-0.39, 0.29) is 37.7 Å². The number of hydrogen-bond acceptors (Lipinski definition) is 5. The summed E-state index contributed by atoms with van der Waals surface area (Å²) in [5.41, 5.74) is 0. The van der Waals surface area contributed by atoms with Crippen molar-refractivity contribution in [1.29, 1.82) is 0 Å². The standard InChI is InChI=1S/C40H68O5/c1-3-5-7-9-11-13-15-17-19-21-23-25-27-29-31-33-39(42)44-36-38(35-41)37-45-40(43)34-32-30-28-26-24-22-20-18-16-14-12-10-8-6-4-2/h5,7,11-14,17-20,38,41H,3-4,6,8-10,15-16,21-37H2,1-2H3/b7-5-,13-11-,14-12-,19-17-,20-18-. The van der Waals surface area contributed by atoms with Gasteiger partial charge in [0.1, 0.15) is 0 Å². The molecule has 0 bridgehead atoms. The average Bonchev–Trinajstić information content (AvgIpc) is 3.04. The van der Waals surface area contributed by atoms with Crippen molar-refractivity contribution in [3.63, 3.8) is 0 Å². The first-order valence-electron chi connectivity index (χ1n) is 18.3. The Morgan fingerprint density at radius 1 is 0.511 bits per heavy atom. The zero-order valence-electron chi connectivity index (χ0n) is 29.1. The van der Waals surface area contributed by atoms with Crippen LogP contribution in [-0.4, -0.2) is 36.9 Å². The second-order valence-electron chi connectivity index (χ2n) is 12.0. The molecule has 0 spiro atoms. The third-order valence-corrected chi connectivity index (χ3v) is 7.58. The van der Waals surface area contributed by atoms with Crippen molar-refractivity contribution in [2.45, 2.75) is 155 Å². The minimum atomic E-state index is -0.371. The van der Waals surface area contributed by atoms with Crippen molar-refractivity contribution in [3.8, 4) is 0 Å². The Bertz CT molecular complexity index is 808. The topological polar surface area (TPSA) is 72.8 Å². The monoisotopic (exact) mass is 629 g/mol. The summed E-state index contributed by atoms with van der Waals surface area (Å²) >= 11 is 0. The molecule has 1 unspecified atom stereocenters. The number of esters is 2. The Hall–Kier alpha value is -2.40. The van der Waals surface area contributed by atoms with Gasteiger partial charge in [-0.25, -0.2) is 0 Å². The highest BCUT2D eigenvalue weighted by Gasteiger charge is 2.14. The fourth-order valence-electron chi connectivity index (χ4n) is 4.69. The van der Waals surface area contributed by atoms with Crippen molar-refractivity contribution in [1.82, 2.24) is 0 Å². The van der Waals surface area contributed by atoms with Crippen LogP contribution in [0, 0.1) is 5.92 Å². The van der Waals surface area contributed by atoms with Gasteiger partial charge in [-0.1, -0.05) is 126 Å². The van der Waals surface area contributed by atoms with Gasteiger partial charge in [0.25, 0.3) is 0 Å². The first-order valence-corrected chi connectivity index (χ1v) is 18.3. The molecule has 0 heterocycles. The molecule has 0 radical (unpaired) electrons. The summed E-state index contributed by atoms with van der Waals surface area (Å²) in [6.07, 6.45) is 45.3. The predicted octanol–water partition coefficient (Wildman–Crippen LogP) is 11.1. The number of aliphatic hydroxyl groups excluding tert-OH is 1. The lowest BCUT2D eigenvalue weighted by Gasteiger charge is -2.15. The molecule has 5 heteroatoms. The van der Waals surface area contributed by atoms with Crippen molar-refractivity contribution in [2.24, 2.45) is 5.92 Å². The predicted molar refractivity (Wildman–Crippen MR) is 191 cm³/mol. The zero-order chi connectivity index (χ0) is 32.9. The fourth-order valence-corrected chi connectivity index (χ4v) is 4.69. The number of carbonyl (C=O) groups is 2. The molecule has 0 amide bonds. The smallest absolute Gasteiger partial charge is 0.305 e. The maximum Gasteiger partial charge on any atom is 0.305 e. The molecule has 258 valence electrons. The van der Waals surface area contributed by atoms with E-state index in [9.17, 15) is 14.7 Å². The van der Waals surface area contributed by atoms with E-state index in [1.165, 1.54) is 51.4 Å². The van der Waals surface area contributed by atoms with Gasteiger partial charge in [0.05, 0.1) is 25.7 Å². The Kier molecular flexibility index (Phi) is 34.1. The minimum Gasteiger partial charge on any atom is -0.465 e. The second kappa shape index (κ2) is 36.1. The lowest BCUT2D eigenvalue weighted by Crippen LogP contribution is -2.23. The fraction of sp³-hybridized carbons (Fsp3) is 0.700. The summed E-state index contributed by atoms with van der Waals surface area (Å²) < 4.78 is 10.6. The highest BCUT2D eigenvalue weighted by atomic mass is 16.5. The molecule has 0 aliphatic rings. The third kappa shape index (κ3) is 34.3. The molecular formula is C40H68O5.